The first-order valence-corrected chi connectivity index (χ1v) is 7.27. The number of amides is 1. The third-order valence-electron chi connectivity index (χ3n) is 3.56. The van der Waals surface area contributed by atoms with Crippen LogP contribution in [0.5, 0.6) is 0 Å². The summed E-state index contributed by atoms with van der Waals surface area (Å²) in [7, 11) is 1.84. The minimum Gasteiger partial charge on any atom is -0.324 e. The van der Waals surface area contributed by atoms with Gasteiger partial charge in [0.15, 0.2) is 0 Å². The standard InChI is InChI=1S/C17H17N5O/c1-12-5-7-18-9-13(12)8-16(23)21-15-4-3-6-19-17(15)14-10-20-22(2)11-14/h3-7,9-11H,8H2,1-2H3,(H,21,23). The van der Waals surface area contributed by atoms with Crippen LogP contribution in [0.2, 0.25) is 0 Å². The molecule has 0 bridgehead atoms. The molecule has 0 aliphatic carbocycles. The van der Waals surface area contributed by atoms with Crippen LogP contribution in [0.15, 0.2) is 49.2 Å². The zero-order chi connectivity index (χ0) is 16.2. The Labute approximate surface area is 134 Å². The van der Waals surface area contributed by atoms with Crippen molar-refractivity contribution in [2.24, 2.45) is 7.05 Å². The number of nitrogens with zero attached hydrogens (tertiary/aromatic N) is 4. The summed E-state index contributed by atoms with van der Waals surface area (Å²) in [4.78, 5) is 20.8. The van der Waals surface area contributed by atoms with E-state index in [0.717, 1.165) is 16.7 Å². The van der Waals surface area contributed by atoms with Gasteiger partial charge in [-0.1, -0.05) is 0 Å². The molecule has 0 aliphatic rings. The van der Waals surface area contributed by atoms with Crippen molar-refractivity contribution in [3.05, 3.63) is 60.3 Å². The zero-order valence-corrected chi connectivity index (χ0v) is 13.0. The van der Waals surface area contributed by atoms with Gasteiger partial charge in [0.05, 0.1) is 24.0 Å². The maximum absolute atomic E-state index is 12.3. The fraction of sp³-hybridized carbons (Fsp3) is 0.176. The van der Waals surface area contributed by atoms with Crippen LogP contribution in [0.4, 0.5) is 5.69 Å². The second kappa shape index (κ2) is 6.39. The largest absolute Gasteiger partial charge is 0.324 e. The van der Waals surface area contributed by atoms with Crippen molar-refractivity contribution in [1.29, 1.82) is 0 Å². The molecule has 0 spiro atoms. The molecule has 3 rings (SSSR count). The molecular formula is C17H17N5O. The number of anilines is 1. The fourth-order valence-corrected chi connectivity index (χ4v) is 2.33. The molecule has 3 aromatic heterocycles. The van der Waals surface area contributed by atoms with E-state index in [4.69, 9.17) is 0 Å². The van der Waals surface area contributed by atoms with Crippen LogP contribution < -0.4 is 5.32 Å². The summed E-state index contributed by atoms with van der Waals surface area (Å²) < 4.78 is 1.70. The minimum atomic E-state index is -0.0979. The van der Waals surface area contributed by atoms with Crippen LogP contribution in [-0.4, -0.2) is 25.7 Å². The number of nitrogens with one attached hydrogen (secondary N) is 1. The van der Waals surface area contributed by atoms with E-state index >= 15 is 0 Å². The van der Waals surface area contributed by atoms with Crippen molar-refractivity contribution in [3.8, 4) is 11.3 Å². The number of carbonyl (C=O) groups excluding carboxylic acids is 1. The van der Waals surface area contributed by atoms with Gasteiger partial charge in [-0.05, 0) is 36.2 Å². The molecule has 0 aromatic carbocycles. The molecule has 116 valence electrons. The summed E-state index contributed by atoms with van der Waals surface area (Å²) in [5.74, 6) is -0.0979. The summed E-state index contributed by atoms with van der Waals surface area (Å²) in [6.07, 6.45) is 9.01. The molecule has 3 heterocycles. The van der Waals surface area contributed by atoms with E-state index < -0.39 is 0 Å². The number of carbonyl (C=O) groups is 1. The van der Waals surface area contributed by atoms with E-state index in [2.05, 4.69) is 20.4 Å². The lowest BCUT2D eigenvalue weighted by Crippen LogP contribution is -2.16. The first-order valence-electron chi connectivity index (χ1n) is 7.27. The second-order valence-electron chi connectivity index (χ2n) is 5.33. The van der Waals surface area contributed by atoms with E-state index in [0.29, 0.717) is 11.4 Å². The lowest BCUT2D eigenvalue weighted by Gasteiger charge is -2.10. The molecule has 1 N–H and O–H groups in total. The highest BCUT2D eigenvalue weighted by molar-refractivity contribution is 5.95. The number of hydrogen-bond acceptors (Lipinski definition) is 4. The number of aromatic nitrogens is 4. The normalized spacial score (nSPS) is 10.5. The summed E-state index contributed by atoms with van der Waals surface area (Å²) >= 11 is 0. The van der Waals surface area contributed by atoms with Gasteiger partial charge in [-0.25, -0.2) is 0 Å². The number of rotatable bonds is 4. The molecular weight excluding hydrogens is 290 g/mol. The van der Waals surface area contributed by atoms with Gasteiger partial charge >= 0.3 is 0 Å². The SMILES string of the molecule is Cc1ccncc1CC(=O)Nc1cccnc1-c1cnn(C)c1. The maximum atomic E-state index is 12.3. The topological polar surface area (TPSA) is 72.7 Å². The summed E-state index contributed by atoms with van der Waals surface area (Å²) in [6.45, 7) is 1.97. The van der Waals surface area contributed by atoms with Gasteiger partial charge in [0.1, 0.15) is 0 Å². The second-order valence-corrected chi connectivity index (χ2v) is 5.33. The quantitative estimate of drug-likeness (QED) is 0.803. The Morgan fingerprint density at radius 2 is 2.13 bits per heavy atom. The monoisotopic (exact) mass is 307 g/mol. The van der Waals surface area contributed by atoms with Crippen molar-refractivity contribution in [2.75, 3.05) is 5.32 Å². The Hall–Kier alpha value is -3.02. The molecule has 0 radical (unpaired) electrons. The average molecular weight is 307 g/mol. The first kappa shape index (κ1) is 14.9. The zero-order valence-electron chi connectivity index (χ0n) is 13.0. The van der Waals surface area contributed by atoms with Crippen molar-refractivity contribution >= 4 is 11.6 Å². The van der Waals surface area contributed by atoms with Gasteiger partial charge in [-0.2, -0.15) is 5.10 Å². The molecule has 3 aromatic rings. The van der Waals surface area contributed by atoms with Crippen LogP contribution in [-0.2, 0) is 18.3 Å². The summed E-state index contributed by atoms with van der Waals surface area (Å²) in [6, 6.07) is 5.53. The number of pyridine rings is 2. The van der Waals surface area contributed by atoms with E-state index in [-0.39, 0.29) is 12.3 Å². The van der Waals surface area contributed by atoms with Crippen molar-refractivity contribution < 1.29 is 4.79 Å². The smallest absolute Gasteiger partial charge is 0.228 e. The van der Waals surface area contributed by atoms with Gasteiger partial charge in [0, 0.05) is 37.4 Å². The third-order valence-corrected chi connectivity index (χ3v) is 3.56. The van der Waals surface area contributed by atoms with Gasteiger partial charge < -0.3 is 5.32 Å². The van der Waals surface area contributed by atoms with Crippen LogP contribution >= 0.6 is 0 Å². The summed E-state index contributed by atoms with van der Waals surface area (Å²) in [5.41, 5.74) is 4.20. The number of aryl methyl sites for hydroxylation is 2. The van der Waals surface area contributed by atoms with Crippen molar-refractivity contribution in [1.82, 2.24) is 19.7 Å². The molecule has 6 heteroatoms. The third kappa shape index (κ3) is 3.42. The Balaban J connectivity index is 1.81. The Morgan fingerprint density at radius 3 is 2.87 bits per heavy atom. The predicted molar refractivity (Wildman–Crippen MR) is 87.7 cm³/mol. The first-order chi connectivity index (χ1) is 11.1. The van der Waals surface area contributed by atoms with Crippen LogP contribution in [0.25, 0.3) is 11.3 Å². The molecule has 0 fully saturated rings. The highest BCUT2D eigenvalue weighted by Gasteiger charge is 2.12. The van der Waals surface area contributed by atoms with E-state index in [1.54, 1.807) is 35.5 Å². The van der Waals surface area contributed by atoms with Crippen molar-refractivity contribution in [2.45, 2.75) is 13.3 Å². The van der Waals surface area contributed by atoms with Gasteiger partial charge in [-0.3, -0.25) is 19.4 Å². The van der Waals surface area contributed by atoms with Crippen LogP contribution in [0.1, 0.15) is 11.1 Å². The lowest BCUT2D eigenvalue weighted by molar-refractivity contribution is -0.115. The van der Waals surface area contributed by atoms with Gasteiger partial charge in [0.25, 0.3) is 0 Å². The Kier molecular flexibility index (Phi) is 4.14. The van der Waals surface area contributed by atoms with E-state index in [1.165, 1.54) is 0 Å². The average Bonchev–Trinajstić information content (AvgIpc) is 2.96. The van der Waals surface area contributed by atoms with Gasteiger partial charge in [-0.15, -0.1) is 0 Å². The van der Waals surface area contributed by atoms with E-state index in [1.807, 2.05) is 32.3 Å². The van der Waals surface area contributed by atoms with Crippen LogP contribution in [0.3, 0.4) is 0 Å². The molecule has 0 saturated carbocycles. The van der Waals surface area contributed by atoms with Crippen molar-refractivity contribution in [3.63, 3.8) is 0 Å². The molecule has 0 atom stereocenters. The number of hydrogen-bond donors (Lipinski definition) is 1. The molecule has 1 amide bonds. The summed E-state index contributed by atoms with van der Waals surface area (Å²) in [5, 5.41) is 7.08. The molecule has 0 unspecified atom stereocenters. The highest BCUT2D eigenvalue weighted by Crippen LogP contribution is 2.24. The molecule has 0 aliphatic heterocycles. The fourth-order valence-electron chi connectivity index (χ4n) is 2.33. The minimum absolute atomic E-state index is 0.0979. The van der Waals surface area contributed by atoms with E-state index in [9.17, 15) is 4.79 Å². The Bertz CT molecular complexity index is 840. The highest BCUT2D eigenvalue weighted by atomic mass is 16.1. The molecule has 0 saturated heterocycles. The maximum Gasteiger partial charge on any atom is 0.228 e. The molecule has 23 heavy (non-hydrogen) atoms. The lowest BCUT2D eigenvalue weighted by atomic mass is 10.1. The van der Waals surface area contributed by atoms with Crippen LogP contribution in [0, 0.1) is 6.92 Å². The Morgan fingerprint density at radius 1 is 1.26 bits per heavy atom. The van der Waals surface area contributed by atoms with Gasteiger partial charge in [0.2, 0.25) is 5.91 Å². The molecule has 6 nitrogen and oxygen atoms in total. The predicted octanol–water partition coefficient (Wildman–Crippen LogP) is 2.37.